The number of benzene rings is 1. The van der Waals surface area contributed by atoms with Gasteiger partial charge in [0.1, 0.15) is 5.25 Å². The van der Waals surface area contributed by atoms with Crippen LogP contribution in [0.3, 0.4) is 0 Å². The molecule has 1 aromatic carbocycles. The van der Waals surface area contributed by atoms with Gasteiger partial charge in [0.05, 0.1) is 15.7 Å². The fraction of sp³-hybridized carbons (Fsp3) is 0.300. The topological polar surface area (TPSA) is 80.5 Å². The van der Waals surface area contributed by atoms with Crippen LogP contribution in [0, 0.1) is 0 Å². The van der Waals surface area contributed by atoms with E-state index in [2.05, 4.69) is 0 Å². The molecule has 0 radical (unpaired) electrons. The molecular formula is C10H10Cl2N2O3S. The van der Waals surface area contributed by atoms with Crippen molar-refractivity contribution in [2.45, 2.75) is 11.7 Å². The molecule has 1 fully saturated rings. The highest BCUT2D eigenvalue weighted by molar-refractivity contribution is 7.89. The summed E-state index contributed by atoms with van der Waals surface area (Å²) in [7, 11) is -3.74. The molecule has 8 heteroatoms. The van der Waals surface area contributed by atoms with E-state index in [1.807, 2.05) is 0 Å². The molecule has 0 saturated carbocycles. The van der Waals surface area contributed by atoms with Gasteiger partial charge in [-0.05, 0) is 12.1 Å². The summed E-state index contributed by atoms with van der Waals surface area (Å²) in [6.07, 6.45) is -0.137. The molecule has 18 heavy (non-hydrogen) atoms. The first-order chi connectivity index (χ1) is 8.30. The van der Waals surface area contributed by atoms with E-state index in [1.165, 1.54) is 4.90 Å². The highest BCUT2D eigenvalue weighted by Crippen LogP contribution is 2.35. The SMILES string of the molecule is NS(=O)(=O)C1CC(=O)N(c2cccc(Cl)c2Cl)C1. The average molecular weight is 309 g/mol. The molecule has 0 aromatic heterocycles. The molecule has 0 spiro atoms. The second kappa shape index (κ2) is 4.70. The number of nitrogens with zero attached hydrogens (tertiary/aromatic N) is 1. The van der Waals surface area contributed by atoms with Crippen LogP contribution in [0.1, 0.15) is 6.42 Å². The number of halogens is 2. The molecule has 0 bridgehead atoms. The van der Waals surface area contributed by atoms with Gasteiger partial charge >= 0.3 is 0 Å². The van der Waals surface area contributed by atoms with Crippen LogP contribution in [0.25, 0.3) is 0 Å². The summed E-state index contributed by atoms with van der Waals surface area (Å²) in [5.74, 6) is -0.335. The van der Waals surface area contributed by atoms with Crippen molar-refractivity contribution < 1.29 is 13.2 Å². The Morgan fingerprint density at radius 2 is 2.00 bits per heavy atom. The van der Waals surface area contributed by atoms with E-state index >= 15 is 0 Å². The Bertz CT molecular complexity index is 603. The third kappa shape index (κ3) is 2.47. The predicted molar refractivity (Wildman–Crippen MR) is 70.3 cm³/mol. The Balaban J connectivity index is 2.36. The molecular weight excluding hydrogens is 299 g/mol. The minimum absolute atomic E-state index is 0.00225. The lowest BCUT2D eigenvalue weighted by molar-refractivity contribution is -0.117. The van der Waals surface area contributed by atoms with Crippen LogP contribution in [0.2, 0.25) is 10.0 Å². The largest absolute Gasteiger partial charge is 0.309 e. The van der Waals surface area contributed by atoms with Crippen molar-refractivity contribution >= 4 is 44.8 Å². The van der Waals surface area contributed by atoms with Crippen LogP contribution in [-0.4, -0.2) is 26.1 Å². The average Bonchev–Trinajstić information content (AvgIpc) is 2.64. The smallest absolute Gasteiger partial charge is 0.228 e. The number of anilines is 1. The number of carbonyl (C=O) groups excluding carboxylic acids is 1. The van der Waals surface area contributed by atoms with Gasteiger partial charge in [0.2, 0.25) is 15.9 Å². The first-order valence-corrected chi connectivity index (χ1v) is 7.43. The summed E-state index contributed by atoms with van der Waals surface area (Å²) in [5, 5.41) is 4.67. The normalized spacial score (nSPS) is 20.5. The number of sulfonamides is 1. The molecule has 0 aliphatic carbocycles. The second-order valence-corrected chi connectivity index (χ2v) is 6.62. The van der Waals surface area contributed by atoms with Crippen molar-refractivity contribution in [3.8, 4) is 0 Å². The summed E-state index contributed by atoms with van der Waals surface area (Å²) in [6.45, 7) is -0.00225. The van der Waals surface area contributed by atoms with E-state index in [4.69, 9.17) is 28.3 Å². The first-order valence-electron chi connectivity index (χ1n) is 5.06. The lowest BCUT2D eigenvalue weighted by Crippen LogP contribution is -2.32. The van der Waals surface area contributed by atoms with E-state index in [-0.39, 0.29) is 23.9 Å². The molecule has 5 nitrogen and oxygen atoms in total. The number of primary sulfonamides is 1. The van der Waals surface area contributed by atoms with Crippen molar-refractivity contribution in [1.82, 2.24) is 0 Å². The van der Waals surface area contributed by atoms with Crippen molar-refractivity contribution in [2.75, 3.05) is 11.4 Å². The van der Waals surface area contributed by atoms with Gasteiger partial charge in [-0.1, -0.05) is 29.3 Å². The molecule has 98 valence electrons. The molecule has 1 atom stereocenters. The zero-order chi connectivity index (χ0) is 13.5. The Hall–Kier alpha value is -0.820. The van der Waals surface area contributed by atoms with Crippen LogP contribution >= 0.6 is 23.2 Å². The van der Waals surface area contributed by atoms with Gasteiger partial charge in [-0.2, -0.15) is 0 Å². The maximum absolute atomic E-state index is 11.8. The Morgan fingerprint density at radius 3 is 2.56 bits per heavy atom. The number of hydrogen-bond donors (Lipinski definition) is 1. The highest BCUT2D eigenvalue weighted by atomic mass is 35.5. The van der Waals surface area contributed by atoms with E-state index in [0.29, 0.717) is 10.7 Å². The van der Waals surface area contributed by atoms with Gasteiger partial charge in [0.15, 0.2) is 0 Å². The highest BCUT2D eigenvalue weighted by Gasteiger charge is 2.37. The number of carbonyl (C=O) groups is 1. The maximum Gasteiger partial charge on any atom is 0.228 e. The van der Waals surface area contributed by atoms with Crippen LogP contribution in [0.4, 0.5) is 5.69 Å². The number of nitrogens with two attached hydrogens (primary N) is 1. The predicted octanol–water partition coefficient (Wildman–Crippen LogP) is 1.39. The summed E-state index contributed by atoms with van der Waals surface area (Å²) < 4.78 is 22.5. The van der Waals surface area contributed by atoms with Gasteiger partial charge in [-0.3, -0.25) is 4.79 Å². The third-order valence-electron chi connectivity index (χ3n) is 2.78. The molecule has 1 aliphatic heterocycles. The van der Waals surface area contributed by atoms with Crippen LogP contribution in [0.5, 0.6) is 0 Å². The van der Waals surface area contributed by atoms with E-state index in [9.17, 15) is 13.2 Å². The number of amides is 1. The molecule has 1 amide bonds. The second-order valence-electron chi connectivity index (χ2n) is 3.99. The lowest BCUT2D eigenvalue weighted by Gasteiger charge is -2.18. The quantitative estimate of drug-likeness (QED) is 0.896. The molecule has 1 saturated heterocycles. The first kappa shape index (κ1) is 13.6. The molecule has 2 N–H and O–H groups in total. The van der Waals surface area contributed by atoms with Crippen LogP contribution in [0.15, 0.2) is 18.2 Å². The monoisotopic (exact) mass is 308 g/mol. The van der Waals surface area contributed by atoms with Crippen LogP contribution in [-0.2, 0) is 14.8 Å². The van der Waals surface area contributed by atoms with Gasteiger partial charge in [0.25, 0.3) is 0 Å². The minimum Gasteiger partial charge on any atom is -0.309 e. The van der Waals surface area contributed by atoms with Crippen molar-refractivity contribution in [3.63, 3.8) is 0 Å². The van der Waals surface area contributed by atoms with E-state index < -0.39 is 15.3 Å². The standard InChI is InChI=1S/C10H10Cl2N2O3S/c11-7-2-1-3-8(10(7)12)14-5-6(4-9(14)15)18(13,16)17/h1-3,6H,4-5H2,(H2,13,16,17). The van der Waals surface area contributed by atoms with Crippen molar-refractivity contribution in [2.24, 2.45) is 5.14 Å². The molecule has 1 unspecified atom stereocenters. The number of hydrogen-bond acceptors (Lipinski definition) is 3. The summed E-state index contributed by atoms with van der Waals surface area (Å²) in [6, 6.07) is 4.84. The molecule has 2 rings (SSSR count). The molecule has 1 aromatic rings. The van der Waals surface area contributed by atoms with Gasteiger partial charge in [-0.15, -0.1) is 0 Å². The minimum atomic E-state index is -3.74. The van der Waals surface area contributed by atoms with Crippen LogP contribution < -0.4 is 10.0 Å². The van der Waals surface area contributed by atoms with Gasteiger partial charge in [-0.25, -0.2) is 13.6 Å². The fourth-order valence-corrected chi connectivity index (χ4v) is 2.96. The maximum atomic E-state index is 11.8. The lowest BCUT2D eigenvalue weighted by atomic mass is 10.3. The third-order valence-corrected chi connectivity index (χ3v) is 4.83. The van der Waals surface area contributed by atoms with Crippen molar-refractivity contribution in [1.29, 1.82) is 0 Å². The van der Waals surface area contributed by atoms with E-state index in [1.54, 1.807) is 18.2 Å². The van der Waals surface area contributed by atoms with Crippen molar-refractivity contribution in [3.05, 3.63) is 28.2 Å². The Labute approximate surface area is 115 Å². The molecule has 1 aliphatic rings. The number of rotatable bonds is 2. The zero-order valence-corrected chi connectivity index (χ0v) is 11.5. The summed E-state index contributed by atoms with van der Waals surface area (Å²) in [5.41, 5.74) is 0.403. The zero-order valence-electron chi connectivity index (χ0n) is 9.14. The Kier molecular flexibility index (Phi) is 3.55. The molecule has 1 heterocycles. The van der Waals surface area contributed by atoms with E-state index in [0.717, 1.165) is 0 Å². The Morgan fingerprint density at radius 1 is 1.33 bits per heavy atom. The summed E-state index contributed by atoms with van der Waals surface area (Å²) in [4.78, 5) is 13.1. The summed E-state index contributed by atoms with van der Waals surface area (Å²) >= 11 is 11.8. The van der Waals surface area contributed by atoms with Gasteiger partial charge < -0.3 is 4.90 Å². The fourth-order valence-electron chi connectivity index (χ4n) is 1.83. The van der Waals surface area contributed by atoms with Gasteiger partial charge in [0, 0.05) is 13.0 Å².